The molecule has 1 heterocycles. The molecule has 374 valence electrons. The molecule has 1 nitrogen and oxygen atoms in total. The fraction of sp³-hybridized carbons (Fsp3) is 0.0256. The van der Waals surface area contributed by atoms with E-state index in [1.54, 1.807) is 0 Å². The number of fused-ring (bicyclic) bond motifs is 10. The van der Waals surface area contributed by atoms with Crippen LogP contribution < -0.4 is 25.6 Å². The Balaban J connectivity index is 0.963. The molecule has 16 rings (SSSR count). The van der Waals surface area contributed by atoms with Crippen molar-refractivity contribution in [1.29, 1.82) is 0 Å². The standard InChI is InChI=1S/C78H53NSi/c1-6-26-56(27-7-1)77(57-28-8-2-9-29-57)71-39-21-18-36-65(71)67-47-45-61(52-73(67)77)79(60-44-42-54-24-16-17-25-55(54)50-60)62-46-48-68-66-37-19-22-40-72(66)78(74(68)53-62,58-30-10-3-11-31-58)59-43-49-76-70(51-59)69-38-20-23-41-75(69)80(76,63-32-12-4-13-33-63)64-34-14-5-15-35-64/h1-53H. The summed E-state index contributed by atoms with van der Waals surface area (Å²) in [5, 5.41) is 8.09. The number of hydrogen-bond donors (Lipinski definition) is 0. The highest BCUT2D eigenvalue weighted by Gasteiger charge is 2.52. The summed E-state index contributed by atoms with van der Waals surface area (Å²) in [6.07, 6.45) is 0. The van der Waals surface area contributed by atoms with Crippen LogP contribution in [0.5, 0.6) is 0 Å². The molecule has 0 amide bonds. The van der Waals surface area contributed by atoms with Gasteiger partial charge in [0, 0.05) is 17.1 Å². The summed E-state index contributed by atoms with van der Waals surface area (Å²) in [5.74, 6) is 0. The molecule has 2 aliphatic carbocycles. The van der Waals surface area contributed by atoms with Crippen molar-refractivity contribution >= 4 is 56.7 Å². The van der Waals surface area contributed by atoms with Gasteiger partial charge in [-0.1, -0.05) is 279 Å². The van der Waals surface area contributed by atoms with Crippen LogP contribution in [0.2, 0.25) is 0 Å². The second kappa shape index (κ2) is 18.1. The molecule has 0 saturated carbocycles. The van der Waals surface area contributed by atoms with Crippen LogP contribution in [0.25, 0.3) is 44.2 Å². The van der Waals surface area contributed by atoms with E-state index < -0.39 is 18.9 Å². The van der Waals surface area contributed by atoms with Gasteiger partial charge in [0.05, 0.1) is 10.8 Å². The fourth-order valence-corrected chi connectivity index (χ4v) is 20.1. The normalized spacial score (nSPS) is 15.5. The molecular weight excluding hydrogens is 979 g/mol. The van der Waals surface area contributed by atoms with Crippen LogP contribution in [-0.4, -0.2) is 8.07 Å². The third-order valence-corrected chi connectivity index (χ3v) is 23.0. The summed E-state index contributed by atoms with van der Waals surface area (Å²) in [7, 11) is -2.74. The summed E-state index contributed by atoms with van der Waals surface area (Å²) in [4.78, 5) is 2.52. The predicted molar refractivity (Wildman–Crippen MR) is 336 cm³/mol. The van der Waals surface area contributed by atoms with Crippen LogP contribution in [0.15, 0.2) is 322 Å². The zero-order valence-corrected chi connectivity index (χ0v) is 45.0. The van der Waals surface area contributed by atoms with Crippen molar-refractivity contribution in [2.75, 3.05) is 4.90 Å². The zero-order valence-electron chi connectivity index (χ0n) is 44.0. The third-order valence-electron chi connectivity index (χ3n) is 18.1. The Labute approximate surface area is 469 Å². The van der Waals surface area contributed by atoms with Crippen LogP contribution in [0, 0.1) is 0 Å². The monoisotopic (exact) mass is 1030 g/mol. The summed E-state index contributed by atoms with van der Waals surface area (Å²) in [6.45, 7) is 0. The van der Waals surface area contributed by atoms with E-state index in [-0.39, 0.29) is 0 Å². The van der Waals surface area contributed by atoms with Crippen LogP contribution in [0.3, 0.4) is 0 Å². The highest BCUT2D eigenvalue weighted by Crippen LogP contribution is 2.60. The number of nitrogens with zero attached hydrogens (tertiary/aromatic N) is 1. The summed E-state index contributed by atoms with van der Waals surface area (Å²) in [5.41, 5.74) is 19.9. The minimum atomic E-state index is -2.74. The molecule has 0 radical (unpaired) electrons. The van der Waals surface area contributed by atoms with E-state index in [9.17, 15) is 0 Å². The maximum absolute atomic E-state index is 2.74. The Morgan fingerprint density at radius 2 is 0.613 bits per heavy atom. The first kappa shape index (κ1) is 46.3. The molecule has 0 bridgehead atoms. The lowest BCUT2D eigenvalue weighted by Crippen LogP contribution is -2.72. The molecule has 0 spiro atoms. The van der Waals surface area contributed by atoms with Gasteiger partial charge >= 0.3 is 0 Å². The molecule has 0 N–H and O–H groups in total. The SMILES string of the molecule is c1ccc(C2(c3ccccc3)c3ccccc3-c3ccc(N(c4ccc5c(c4)C(c4ccccc4)(c4ccc6c(c4)-c4ccccc4[Si]6(c4ccccc4)c4ccccc4)c4ccccc4-5)c4ccc5ccccc5c4)cc32)cc1. The zero-order chi connectivity index (χ0) is 52.8. The van der Waals surface area contributed by atoms with Gasteiger partial charge in [0.25, 0.3) is 0 Å². The Kier molecular flexibility index (Phi) is 10.5. The summed E-state index contributed by atoms with van der Waals surface area (Å²) >= 11 is 0. The predicted octanol–water partition coefficient (Wildman–Crippen LogP) is 16.4. The minimum Gasteiger partial charge on any atom is -0.310 e. The molecule has 80 heavy (non-hydrogen) atoms. The van der Waals surface area contributed by atoms with Crippen molar-refractivity contribution in [3.63, 3.8) is 0 Å². The molecule has 0 aromatic heterocycles. The van der Waals surface area contributed by atoms with Crippen molar-refractivity contribution in [3.05, 3.63) is 366 Å². The van der Waals surface area contributed by atoms with Gasteiger partial charge in [0.15, 0.2) is 8.07 Å². The van der Waals surface area contributed by atoms with E-state index in [1.807, 2.05) is 0 Å². The van der Waals surface area contributed by atoms with Gasteiger partial charge in [-0.2, -0.15) is 0 Å². The van der Waals surface area contributed by atoms with Gasteiger partial charge in [-0.3, -0.25) is 0 Å². The van der Waals surface area contributed by atoms with Crippen LogP contribution >= 0.6 is 0 Å². The molecule has 1 unspecified atom stereocenters. The van der Waals surface area contributed by atoms with Crippen LogP contribution in [-0.2, 0) is 10.8 Å². The van der Waals surface area contributed by atoms with E-state index in [0.717, 1.165) is 17.1 Å². The average molecular weight is 1030 g/mol. The van der Waals surface area contributed by atoms with Gasteiger partial charge in [-0.05, 0) is 152 Å². The Bertz CT molecular complexity index is 4450. The first-order chi connectivity index (χ1) is 39.7. The second-order valence-electron chi connectivity index (χ2n) is 21.8. The molecule has 2 heteroatoms. The first-order valence-corrected chi connectivity index (χ1v) is 30.0. The topological polar surface area (TPSA) is 3.24 Å². The van der Waals surface area contributed by atoms with E-state index in [4.69, 9.17) is 0 Å². The highest BCUT2D eigenvalue weighted by atomic mass is 28.3. The number of anilines is 3. The van der Waals surface area contributed by atoms with Gasteiger partial charge in [-0.25, -0.2) is 0 Å². The van der Waals surface area contributed by atoms with Crippen molar-refractivity contribution in [1.82, 2.24) is 0 Å². The van der Waals surface area contributed by atoms with Crippen molar-refractivity contribution in [2.24, 2.45) is 0 Å². The Morgan fingerprint density at radius 1 is 0.225 bits per heavy atom. The first-order valence-electron chi connectivity index (χ1n) is 28.0. The van der Waals surface area contributed by atoms with E-state index >= 15 is 0 Å². The molecule has 13 aromatic rings. The fourth-order valence-electron chi connectivity index (χ4n) is 14.9. The number of benzene rings is 13. The van der Waals surface area contributed by atoms with E-state index in [1.165, 1.54) is 109 Å². The molecule has 13 aromatic carbocycles. The molecule has 0 saturated heterocycles. The molecular formula is C78H53NSi. The lowest BCUT2D eigenvalue weighted by Gasteiger charge is -2.36. The molecule has 1 atom stereocenters. The Morgan fingerprint density at radius 3 is 1.15 bits per heavy atom. The van der Waals surface area contributed by atoms with Crippen molar-refractivity contribution in [2.45, 2.75) is 10.8 Å². The minimum absolute atomic E-state index is 0.560. The van der Waals surface area contributed by atoms with Crippen LogP contribution in [0.4, 0.5) is 17.1 Å². The third kappa shape index (κ3) is 6.45. The smallest absolute Gasteiger partial charge is 0.180 e. The quantitative estimate of drug-likeness (QED) is 0.130. The molecule has 0 fully saturated rings. The lowest BCUT2D eigenvalue weighted by molar-refractivity contribution is 0.767. The van der Waals surface area contributed by atoms with Gasteiger partial charge in [-0.15, -0.1) is 0 Å². The van der Waals surface area contributed by atoms with Crippen molar-refractivity contribution in [3.8, 4) is 33.4 Å². The second-order valence-corrected chi connectivity index (χ2v) is 25.5. The van der Waals surface area contributed by atoms with Crippen LogP contribution in [0.1, 0.15) is 44.5 Å². The summed E-state index contributed by atoms with van der Waals surface area (Å²) in [6, 6.07) is 122. The van der Waals surface area contributed by atoms with Gasteiger partial charge in [0.1, 0.15) is 0 Å². The number of hydrogen-bond acceptors (Lipinski definition) is 1. The van der Waals surface area contributed by atoms with Crippen molar-refractivity contribution < 1.29 is 0 Å². The number of rotatable bonds is 9. The molecule has 3 aliphatic rings. The highest BCUT2D eigenvalue weighted by molar-refractivity contribution is 7.22. The van der Waals surface area contributed by atoms with E-state index in [2.05, 4.69) is 326 Å². The maximum atomic E-state index is 2.59. The Hall–Kier alpha value is -9.86. The molecule has 1 aliphatic heterocycles. The van der Waals surface area contributed by atoms with Gasteiger partial charge in [0.2, 0.25) is 0 Å². The summed E-state index contributed by atoms with van der Waals surface area (Å²) < 4.78 is 0. The van der Waals surface area contributed by atoms with E-state index in [0.29, 0.717) is 0 Å². The maximum Gasteiger partial charge on any atom is 0.180 e. The average Bonchev–Trinajstić information content (AvgIpc) is 3.99. The van der Waals surface area contributed by atoms with Gasteiger partial charge < -0.3 is 4.90 Å². The largest absolute Gasteiger partial charge is 0.310 e. The lowest BCUT2D eigenvalue weighted by atomic mass is 9.67.